The zero-order valence-corrected chi connectivity index (χ0v) is 10.1. The summed E-state index contributed by atoms with van der Waals surface area (Å²) < 4.78 is 0. The number of hydrogen-bond acceptors (Lipinski definition) is 4. The molecule has 0 saturated carbocycles. The van der Waals surface area contributed by atoms with Gasteiger partial charge < -0.3 is 5.11 Å². The van der Waals surface area contributed by atoms with Crippen LogP contribution in [0.5, 0.6) is 0 Å². The molecule has 1 atom stereocenters. The molecule has 0 unspecified atom stereocenters. The number of hydrogen-bond donors (Lipinski definition) is 2. The van der Waals surface area contributed by atoms with Crippen LogP contribution in [0.1, 0.15) is 17.4 Å². The Morgan fingerprint density at radius 2 is 1.95 bits per heavy atom. The van der Waals surface area contributed by atoms with Gasteiger partial charge in [-0.05, 0) is 17.7 Å². The van der Waals surface area contributed by atoms with Crippen LogP contribution in [0.15, 0.2) is 59.8 Å². The van der Waals surface area contributed by atoms with Gasteiger partial charge in [-0.1, -0.05) is 36.4 Å². The first-order valence-electron chi connectivity index (χ1n) is 5.74. The second-order valence-electron chi connectivity index (χ2n) is 3.80. The first kappa shape index (κ1) is 12.9. The molecular formula is C14H13N3O2. The Morgan fingerprint density at radius 3 is 2.63 bits per heavy atom. The maximum absolute atomic E-state index is 11.6. The molecule has 5 nitrogen and oxygen atoms in total. The van der Waals surface area contributed by atoms with Gasteiger partial charge in [0, 0.05) is 6.20 Å². The molecule has 1 amide bonds. The predicted octanol–water partition coefficient (Wildman–Crippen LogP) is 1.27. The molecule has 0 aliphatic heterocycles. The average molecular weight is 255 g/mol. The molecule has 0 aliphatic carbocycles. The van der Waals surface area contributed by atoms with Gasteiger partial charge in [0.2, 0.25) is 0 Å². The zero-order valence-electron chi connectivity index (χ0n) is 10.1. The fourth-order valence-electron chi connectivity index (χ4n) is 1.46. The number of carbonyl (C=O) groups is 1. The molecular weight excluding hydrogens is 242 g/mol. The van der Waals surface area contributed by atoms with Crippen LogP contribution in [0.3, 0.4) is 0 Å². The van der Waals surface area contributed by atoms with Crippen LogP contribution in [0.25, 0.3) is 0 Å². The summed E-state index contributed by atoms with van der Waals surface area (Å²) in [5, 5.41) is 13.5. The largest absolute Gasteiger partial charge is 0.378 e. The van der Waals surface area contributed by atoms with Crippen LogP contribution in [0, 0.1) is 0 Å². The fourth-order valence-corrected chi connectivity index (χ4v) is 1.46. The normalized spacial score (nSPS) is 12.3. The van der Waals surface area contributed by atoms with Crippen LogP contribution < -0.4 is 5.43 Å². The Bertz CT molecular complexity index is 555. The highest BCUT2D eigenvalue weighted by Gasteiger charge is 2.15. The number of nitrogens with one attached hydrogen (secondary N) is 1. The molecule has 2 aromatic rings. The third-order valence-corrected chi connectivity index (χ3v) is 2.42. The maximum atomic E-state index is 11.6. The summed E-state index contributed by atoms with van der Waals surface area (Å²) in [6.45, 7) is 0. The van der Waals surface area contributed by atoms with Crippen LogP contribution in [-0.2, 0) is 4.79 Å². The van der Waals surface area contributed by atoms with E-state index < -0.39 is 12.0 Å². The lowest BCUT2D eigenvalue weighted by atomic mass is 10.1. The molecule has 2 N–H and O–H groups in total. The Balaban J connectivity index is 1.93. The van der Waals surface area contributed by atoms with Gasteiger partial charge in [-0.15, -0.1) is 0 Å². The van der Waals surface area contributed by atoms with E-state index in [4.69, 9.17) is 0 Å². The first-order valence-corrected chi connectivity index (χ1v) is 5.74. The Morgan fingerprint density at radius 1 is 1.21 bits per heavy atom. The van der Waals surface area contributed by atoms with Crippen molar-refractivity contribution in [2.75, 3.05) is 0 Å². The van der Waals surface area contributed by atoms with Gasteiger partial charge in [-0.3, -0.25) is 9.78 Å². The van der Waals surface area contributed by atoms with Crippen molar-refractivity contribution in [1.29, 1.82) is 0 Å². The summed E-state index contributed by atoms with van der Waals surface area (Å²) in [6.07, 6.45) is 1.81. The Kier molecular flexibility index (Phi) is 4.36. The molecule has 19 heavy (non-hydrogen) atoms. The highest BCUT2D eigenvalue weighted by molar-refractivity contribution is 5.84. The molecule has 0 saturated heterocycles. The van der Waals surface area contributed by atoms with Crippen LogP contribution >= 0.6 is 0 Å². The highest BCUT2D eigenvalue weighted by Crippen LogP contribution is 2.11. The van der Waals surface area contributed by atoms with Gasteiger partial charge in [0.15, 0.2) is 6.10 Å². The van der Waals surface area contributed by atoms with Crippen LogP contribution in [0.2, 0.25) is 0 Å². The van der Waals surface area contributed by atoms with Crippen molar-refractivity contribution in [2.45, 2.75) is 6.10 Å². The molecule has 1 aromatic carbocycles. The fraction of sp³-hybridized carbons (Fsp3) is 0.0714. The van der Waals surface area contributed by atoms with Crippen molar-refractivity contribution in [1.82, 2.24) is 10.4 Å². The second-order valence-corrected chi connectivity index (χ2v) is 3.80. The predicted molar refractivity (Wildman–Crippen MR) is 71.4 cm³/mol. The second kappa shape index (κ2) is 6.42. The van der Waals surface area contributed by atoms with E-state index in [1.807, 2.05) is 12.1 Å². The minimum atomic E-state index is -1.23. The van der Waals surface area contributed by atoms with Gasteiger partial charge in [0.1, 0.15) is 0 Å². The molecule has 0 bridgehead atoms. The summed E-state index contributed by atoms with van der Waals surface area (Å²) in [4.78, 5) is 15.7. The van der Waals surface area contributed by atoms with Gasteiger partial charge in [0.25, 0.3) is 5.91 Å². The molecule has 1 aromatic heterocycles. The van der Waals surface area contributed by atoms with E-state index in [0.29, 0.717) is 11.3 Å². The number of pyridine rings is 1. The molecule has 0 fully saturated rings. The van der Waals surface area contributed by atoms with E-state index in [9.17, 15) is 9.90 Å². The smallest absolute Gasteiger partial charge is 0.273 e. The molecule has 5 heteroatoms. The number of rotatable bonds is 4. The summed E-state index contributed by atoms with van der Waals surface area (Å²) in [5.41, 5.74) is 3.41. The van der Waals surface area contributed by atoms with E-state index in [1.165, 1.54) is 6.21 Å². The average Bonchev–Trinajstić information content (AvgIpc) is 2.48. The lowest BCUT2D eigenvalue weighted by Crippen LogP contribution is -2.25. The van der Waals surface area contributed by atoms with Crippen molar-refractivity contribution >= 4 is 12.1 Å². The number of benzene rings is 1. The number of nitrogens with zero attached hydrogens (tertiary/aromatic N) is 2. The van der Waals surface area contributed by atoms with Crippen molar-refractivity contribution in [2.24, 2.45) is 5.10 Å². The SMILES string of the molecule is O=C(N/N=C\c1ccccn1)[C@H](O)c1ccccc1. The van der Waals surface area contributed by atoms with Crippen molar-refractivity contribution in [3.05, 3.63) is 66.0 Å². The first-order chi connectivity index (χ1) is 9.27. The van der Waals surface area contributed by atoms with Crippen molar-refractivity contribution in [3.63, 3.8) is 0 Å². The Labute approximate surface area is 110 Å². The molecule has 2 rings (SSSR count). The molecule has 0 spiro atoms. The summed E-state index contributed by atoms with van der Waals surface area (Å²) in [6, 6.07) is 14.0. The third-order valence-electron chi connectivity index (χ3n) is 2.42. The lowest BCUT2D eigenvalue weighted by Gasteiger charge is -2.08. The molecule has 96 valence electrons. The highest BCUT2D eigenvalue weighted by atomic mass is 16.3. The topological polar surface area (TPSA) is 74.6 Å². The summed E-state index contributed by atoms with van der Waals surface area (Å²) in [7, 11) is 0. The lowest BCUT2D eigenvalue weighted by molar-refractivity contribution is -0.129. The van der Waals surface area contributed by atoms with Gasteiger partial charge >= 0.3 is 0 Å². The number of aliphatic hydroxyl groups excluding tert-OH is 1. The maximum Gasteiger partial charge on any atom is 0.273 e. The minimum Gasteiger partial charge on any atom is -0.378 e. The summed E-state index contributed by atoms with van der Waals surface area (Å²) in [5.74, 6) is -0.585. The standard InChI is InChI=1S/C14H13N3O2/c18-13(11-6-2-1-3-7-11)14(19)17-16-10-12-8-4-5-9-15-12/h1-10,13,18H,(H,17,19)/b16-10-/t13-/m1/s1. The molecule has 1 heterocycles. The molecule has 0 aliphatic rings. The van der Waals surface area contributed by atoms with E-state index >= 15 is 0 Å². The number of amides is 1. The third kappa shape index (κ3) is 3.72. The molecule has 0 radical (unpaired) electrons. The minimum absolute atomic E-state index is 0.521. The number of aromatic nitrogens is 1. The van der Waals surface area contributed by atoms with Crippen molar-refractivity contribution in [3.8, 4) is 0 Å². The van der Waals surface area contributed by atoms with Crippen LogP contribution in [-0.4, -0.2) is 22.2 Å². The van der Waals surface area contributed by atoms with Crippen molar-refractivity contribution < 1.29 is 9.90 Å². The monoisotopic (exact) mass is 255 g/mol. The van der Waals surface area contributed by atoms with E-state index in [0.717, 1.165) is 0 Å². The van der Waals surface area contributed by atoms with E-state index in [2.05, 4.69) is 15.5 Å². The summed E-state index contributed by atoms with van der Waals surface area (Å²) >= 11 is 0. The van der Waals surface area contributed by atoms with Gasteiger partial charge in [-0.25, -0.2) is 5.43 Å². The quantitative estimate of drug-likeness (QED) is 0.638. The number of carbonyl (C=O) groups excluding carboxylic acids is 1. The van der Waals surface area contributed by atoms with E-state index in [1.54, 1.807) is 42.6 Å². The van der Waals surface area contributed by atoms with Crippen LogP contribution in [0.4, 0.5) is 0 Å². The van der Waals surface area contributed by atoms with Gasteiger partial charge in [0.05, 0.1) is 11.9 Å². The zero-order chi connectivity index (χ0) is 13.5. The van der Waals surface area contributed by atoms with Gasteiger partial charge in [-0.2, -0.15) is 5.10 Å². The van der Waals surface area contributed by atoms with E-state index in [-0.39, 0.29) is 0 Å². The Hall–Kier alpha value is -2.53. The number of aliphatic hydroxyl groups is 1. The number of hydrazone groups is 1.